The first kappa shape index (κ1) is 15.0. The fourth-order valence-electron chi connectivity index (χ4n) is 1.98. The quantitative estimate of drug-likeness (QED) is 0.732. The zero-order valence-electron chi connectivity index (χ0n) is 12.3. The van der Waals surface area contributed by atoms with Crippen molar-refractivity contribution in [2.75, 3.05) is 0 Å². The number of benzene rings is 1. The largest absolute Gasteiger partial charge is 0.342 e. The van der Waals surface area contributed by atoms with Crippen molar-refractivity contribution >= 4 is 22.8 Å². The Bertz CT molecular complexity index is 600. The van der Waals surface area contributed by atoms with E-state index in [1.807, 2.05) is 38.1 Å². The predicted molar refractivity (Wildman–Crippen MR) is 80.2 cm³/mol. The van der Waals surface area contributed by atoms with Gasteiger partial charge < -0.3 is 4.98 Å². The molecule has 6 heteroatoms. The Labute approximate surface area is 123 Å². The number of nitrogens with zero attached hydrogens (tertiary/aromatic N) is 1. The Morgan fingerprint density at radius 2 is 1.90 bits per heavy atom. The topological polar surface area (TPSA) is 86.9 Å². The molecule has 0 unspecified atom stereocenters. The third kappa shape index (κ3) is 4.59. The molecule has 0 atom stereocenters. The van der Waals surface area contributed by atoms with Crippen LogP contribution in [-0.2, 0) is 16.0 Å². The summed E-state index contributed by atoms with van der Waals surface area (Å²) in [5.41, 5.74) is 6.66. The second-order valence-corrected chi connectivity index (χ2v) is 5.39. The van der Waals surface area contributed by atoms with Crippen LogP contribution in [0.5, 0.6) is 0 Å². The van der Waals surface area contributed by atoms with Crippen molar-refractivity contribution in [3.8, 4) is 0 Å². The monoisotopic (exact) mass is 288 g/mol. The minimum absolute atomic E-state index is 0.179. The number of rotatable bonds is 5. The first-order valence-electron chi connectivity index (χ1n) is 7.06. The standard InChI is InChI=1S/C15H20N4O2/c1-10(2)9-15(21)19-18-14(20)8-7-13-16-11-5-3-4-6-12(11)17-13/h3-6,10H,7-9H2,1-2H3,(H,16,17)(H,18,20)(H,19,21). The predicted octanol–water partition coefficient (Wildman–Crippen LogP) is 1.69. The van der Waals surface area contributed by atoms with Crippen molar-refractivity contribution in [1.29, 1.82) is 0 Å². The van der Waals surface area contributed by atoms with E-state index in [2.05, 4.69) is 20.8 Å². The molecule has 2 aromatic rings. The first-order chi connectivity index (χ1) is 10.0. The minimum atomic E-state index is -0.229. The highest BCUT2D eigenvalue weighted by molar-refractivity contribution is 5.82. The number of aromatic amines is 1. The van der Waals surface area contributed by atoms with Gasteiger partial charge in [0.15, 0.2) is 0 Å². The van der Waals surface area contributed by atoms with E-state index in [9.17, 15) is 9.59 Å². The number of amides is 2. The number of hydrazine groups is 1. The molecule has 2 amide bonds. The molecule has 0 radical (unpaired) electrons. The molecule has 0 saturated heterocycles. The molecule has 21 heavy (non-hydrogen) atoms. The average Bonchev–Trinajstić information content (AvgIpc) is 2.85. The lowest BCUT2D eigenvalue weighted by Crippen LogP contribution is -2.42. The summed E-state index contributed by atoms with van der Waals surface area (Å²) in [7, 11) is 0. The molecule has 1 heterocycles. The molecule has 0 spiro atoms. The van der Waals surface area contributed by atoms with Gasteiger partial charge in [0, 0.05) is 19.3 Å². The Hall–Kier alpha value is -2.37. The lowest BCUT2D eigenvalue weighted by Gasteiger charge is -2.08. The van der Waals surface area contributed by atoms with Crippen LogP contribution in [0.25, 0.3) is 11.0 Å². The first-order valence-corrected chi connectivity index (χ1v) is 7.06. The van der Waals surface area contributed by atoms with Crippen molar-refractivity contribution in [2.45, 2.75) is 33.1 Å². The molecule has 3 N–H and O–H groups in total. The zero-order chi connectivity index (χ0) is 15.2. The van der Waals surface area contributed by atoms with E-state index in [0.29, 0.717) is 12.8 Å². The second kappa shape index (κ2) is 6.88. The number of H-pyrrole nitrogens is 1. The van der Waals surface area contributed by atoms with Crippen LogP contribution < -0.4 is 10.9 Å². The summed E-state index contributed by atoms with van der Waals surface area (Å²) < 4.78 is 0. The highest BCUT2D eigenvalue weighted by atomic mass is 16.2. The van der Waals surface area contributed by atoms with E-state index < -0.39 is 0 Å². The second-order valence-electron chi connectivity index (χ2n) is 5.39. The van der Waals surface area contributed by atoms with E-state index in [4.69, 9.17) is 0 Å². The average molecular weight is 288 g/mol. The van der Waals surface area contributed by atoms with Crippen LogP contribution in [0.4, 0.5) is 0 Å². The summed E-state index contributed by atoms with van der Waals surface area (Å²) >= 11 is 0. The Balaban J connectivity index is 1.77. The van der Waals surface area contributed by atoms with Gasteiger partial charge in [0.1, 0.15) is 5.82 Å². The number of carbonyl (C=O) groups is 2. The number of carbonyl (C=O) groups excluding carboxylic acids is 2. The van der Waals surface area contributed by atoms with Crippen LogP contribution in [0, 0.1) is 5.92 Å². The van der Waals surface area contributed by atoms with Crippen molar-refractivity contribution in [2.24, 2.45) is 5.92 Å². The van der Waals surface area contributed by atoms with E-state index in [0.717, 1.165) is 16.9 Å². The maximum absolute atomic E-state index is 11.7. The number of nitrogens with one attached hydrogen (secondary N) is 3. The van der Waals surface area contributed by atoms with Crippen LogP contribution in [0.15, 0.2) is 24.3 Å². The fraction of sp³-hybridized carbons (Fsp3) is 0.400. The zero-order valence-corrected chi connectivity index (χ0v) is 12.3. The van der Waals surface area contributed by atoms with E-state index in [1.54, 1.807) is 0 Å². The maximum atomic E-state index is 11.7. The lowest BCUT2D eigenvalue weighted by molar-refractivity contribution is -0.129. The van der Waals surface area contributed by atoms with Gasteiger partial charge in [-0.2, -0.15) is 0 Å². The Morgan fingerprint density at radius 3 is 2.62 bits per heavy atom. The molecule has 0 aliphatic rings. The van der Waals surface area contributed by atoms with Crippen molar-refractivity contribution < 1.29 is 9.59 Å². The van der Waals surface area contributed by atoms with Gasteiger partial charge in [0.05, 0.1) is 11.0 Å². The Kier molecular flexibility index (Phi) is 4.92. The summed E-state index contributed by atoms with van der Waals surface area (Å²) in [4.78, 5) is 30.6. The molecule has 1 aromatic carbocycles. The van der Waals surface area contributed by atoms with E-state index in [-0.39, 0.29) is 24.2 Å². The number of para-hydroxylation sites is 2. The molecule has 0 aliphatic heterocycles. The van der Waals surface area contributed by atoms with Crippen molar-refractivity contribution in [1.82, 2.24) is 20.8 Å². The van der Waals surface area contributed by atoms with Crippen LogP contribution in [0.3, 0.4) is 0 Å². The summed E-state index contributed by atoms with van der Waals surface area (Å²) in [6.07, 6.45) is 1.16. The minimum Gasteiger partial charge on any atom is -0.342 e. The van der Waals surface area contributed by atoms with Gasteiger partial charge in [-0.1, -0.05) is 26.0 Å². The van der Waals surface area contributed by atoms with Gasteiger partial charge in [-0.15, -0.1) is 0 Å². The number of aromatic nitrogens is 2. The summed E-state index contributed by atoms with van der Waals surface area (Å²) in [6, 6.07) is 7.71. The highest BCUT2D eigenvalue weighted by Gasteiger charge is 2.08. The molecular formula is C15H20N4O2. The van der Waals surface area contributed by atoms with Crippen LogP contribution in [0.1, 0.15) is 32.5 Å². The summed E-state index contributed by atoms with van der Waals surface area (Å²) in [5, 5.41) is 0. The number of hydrogen-bond donors (Lipinski definition) is 3. The smallest absolute Gasteiger partial charge is 0.238 e. The number of hydrogen-bond acceptors (Lipinski definition) is 3. The SMILES string of the molecule is CC(C)CC(=O)NNC(=O)CCc1nc2ccccc2[nH]1. The highest BCUT2D eigenvalue weighted by Crippen LogP contribution is 2.11. The molecule has 0 fully saturated rings. The molecule has 0 aliphatic carbocycles. The van der Waals surface area contributed by atoms with Gasteiger partial charge in [0.25, 0.3) is 0 Å². The number of imidazole rings is 1. The van der Waals surface area contributed by atoms with E-state index in [1.165, 1.54) is 0 Å². The molecule has 112 valence electrons. The summed E-state index contributed by atoms with van der Waals surface area (Å²) in [5.74, 6) is 0.618. The van der Waals surface area contributed by atoms with Crippen LogP contribution in [0.2, 0.25) is 0 Å². The molecule has 0 bridgehead atoms. The summed E-state index contributed by atoms with van der Waals surface area (Å²) in [6.45, 7) is 3.89. The van der Waals surface area contributed by atoms with Crippen LogP contribution >= 0.6 is 0 Å². The normalized spacial score (nSPS) is 10.8. The fourth-order valence-corrected chi connectivity index (χ4v) is 1.98. The van der Waals surface area contributed by atoms with Gasteiger partial charge in [-0.25, -0.2) is 4.98 Å². The maximum Gasteiger partial charge on any atom is 0.238 e. The molecule has 6 nitrogen and oxygen atoms in total. The molecular weight excluding hydrogens is 268 g/mol. The third-order valence-electron chi connectivity index (χ3n) is 2.96. The van der Waals surface area contributed by atoms with Gasteiger partial charge in [-0.05, 0) is 18.1 Å². The molecule has 0 saturated carbocycles. The number of aryl methyl sites for hydroxylation is 1. The van der Waals surface area contributed by atoms with Gasteiger partial charge in [-0.3, -0.25) is 20.4 Å². The van der Waals surface area contributed by atoms with Gasteiger partial charge >= 0.3 is 0 Å². The molecule has 1 aromatic heterocycles. The van der Waals surface area contributed by atoms with E-state index >= 15 is 0 Å². The lowest BCUT2D eigenvalue weighted by atomic mass is 10.1. The van der Waals surface area contributed by atoms with Crippen molar-refractivity contribution in [3.05, 3.63) is 30.1 Å². The van der Waals surface area contributed by atoms with Crippen molar-refractivity contribution in [3.63, 3.8) is 0 Å². The third-order valence-corrected chi connectivity index (χ3v) is 2.96. The Morgan fingerprint density at radius 1 is 1.19 bits per heavy atom. The van der Waals surface area contributed by atoms with Gasteiger partial charge in [0.2, 0.25) is 11.8 Å². The molecule has 2 rings (SSSR count). The number of fused-ring (bicyclic) bond motifs is 1. The van der Waals surface area contributed by atoms with Crippen LogP contribution in [-0.4, -0.2) is 21.8 Å².